The number of rotatable bonds is 5. The SMILES string of the molecule is COC(C)(C)CCNc1c(Cl)cc(C)c2ncccc12. The first kappa shape index (κ1) is 15.1. The first-order valence-electron chi connectivity index (χ1n) is 6.77. The van der Waals surface area contributed by atoms with Crippen LogP contribution in [0.2, 0.25) is 5.02 Å². The highest BCUT2D eigenvalue weighted by Crippen LogP contribution is 2.32. The molecule has 0 aliphatic heterocycles. The number of aromatic nitrogens is 1. The van der Waals surface area contributed by atoms with Crippen LogP contribution in [0.4, 0.5) is 5.69 Å². The van der Waals surface area contributed by atoms with Crippen LogP contribution in [-0.4, -0.2) is 24.2 Å². The van der Waals surface area contributed by atoms with Gasteiger partial charge >= 0.3 is 0 Å². The first-order valence-corrected chi connectivity index (χ1v) is 7.15. The molecule has 0 unspecified atom stereocenters. The summed E-state index contributed by atoms with van der Waals surface area (Å²) in [6.07, 6.45) is 2.70. The molecule has 0 radical (unpaired) electrons. The minimum atomic E-state index is -0.141. The highest BCUT2D eigenvalue weighted by atomic mass is 35.5. The third-order valence-electron chi connectivity index (χ3n) is 3.61. The van der Waals surface area contributed by atoms with Gasteiger partial charge in [0.05, 0.1) is 21.8 Å². The number of nitrogens with zero attached hydrogens (tertiary/aromatic N) is 1. The van der Waals surface area contributed by atoms with Crippen LogP contribution < -0.4 is 5.32 Å². The lowest BCUT2D eigenvalue weighted by Crippen LogP contribution is -2.25. The zero-order valence-corrected chi connectivity index (χ0v) is 13.2. The van der Waals surface area contributed by atoms with Gasteiger partial charge in [0.25, 0.3) is 0 Å². The van der Waals surface area contributed by atoms with E-state index in [0.29, 0.717) is 0 Å². The molecule has 1 aromatic carbocycles. The summed E-state index contributed by atoms with van der Waals surface area (Å²) in [4.78, 5) is 4.43. The third kappa shape index (κ3) is 3.22. The molecule has 1 heterocycles. The maximum atomic E-state index is 6.37. The number of benzene rings is 1. The molecule has 0 aliphatic rings. The molecule has 0 fully saturated rings. The summed E-state index contributed by atoms with van der Waals surface area (Å²) in [7, 11) is 1.73. The van der Waals surface area contributed by atoms with Gasteiger partial charge in [0, 0.05) is 25.2 Å². The zero-order valence-electron chi connectivity index (χ0n) is 12.5. The molecule has 3 nitrogen and oxygen atoms in total. The van der Waals surface area contributed by atoms with E-state index in [-0.39, 0.29) is 5.60 Å². The molecule has 2 aromatic rings. The fourth-order valence-corrected chi connectivity index (χ4v) is 2.48. The Labute approximate surface area is 125 Å². The lowest BCUT2D eigenvalue weighted by Gasteiger charge is -2.23. The van der Waals surface area contributed by atoms with Gasteiger partial charge in [-0.1, -0.05) is 11.6 Å². The van der Waals surface area contributed by atoms with Crippen molar-refractivity contribution in [3.8, 4) is 0 Å². The van der Waals surface area contributed by atoms with E-state index >= 15 is 0 Å². The normalized spacial score (nSPS) is 11.8. The second-order valence-electron chi connectivity index (χ2n) is 5.59. The van der Waals surface area contributed by atoms with Crippen molar-refractivity contribution in [2.75, 3.05) is 19.0 Å². The minimum Gasteiger partial charge on any atom is -0.383 e. The van der Waals surface area contributed by atoms with E-state index in [9.17, 15) is 0 Å². The number of pyridine rings is 1. The van der Waals surface area contributed by atoms with Crippen LogP contribution in [0, 0.1) is 6.92 Å². The monoisotopic (exact) mass is 292 g/mol. The summed E-state index contributed by atoms with van der Waals surface area (Å²) >= 11 is 6.37. The number of methoxy groups -OCH3 is 1. The molecule has 1 N–H and O–H groups in total. The van der Waals surface area contributed by atoms with Crippen molar-refractivity contribution < 1.29 is 4.74 Å². The molecule has 0 amide bonds. The molecule has 0 bridgehead atoms. The predicted octanol–water partition coefficient (Wildman–Crippen LogP) is 4.42. The molecular weight excluding hydrogens is 272 g/mol. The Morgan fingerprint density at radius 3 is 2.85 bits per heavy atom. The van der Waals surface area contributed by atoms with Crippen molar-refractivity contribution >= 4 is 28.2 Å². The van der Waals surface area contributed by atoms with Crippen LogP contribution in [0.25, 0.3) is 10.9 Å². The van der Waals surface area contributed by atoms with Crippen molar-refractivity contribution in [3.63, 3.8) is 0 Å². The standard InChI is InChI=1S/C16H21ClN2O/c1-11-10-13(17)15(12-6-5-8-18-14(11)12)19-9-7-16(2,3)20-4/h5-6,8,10,19H,7,9H2,1-4H3. The van der Waals surface area contributed by atoms with Crippen LogP contribution in [-0.2, 0) is 4.74 Å². The van der Waals surface area contributed by atoms with E-state index in [1.807, 2.05) is 25.1 Å². The molecule has 0 saturated carbocycles. The fraction of sp³-hybridized carbons (Fsp3) is 0.438. The average Bonchev–Trinajstić information content (AvgIpc) is 2.42. The maximum absolute atomic E-state index is 6.37. The van der Waals surface area contributed by atoms with Crippen LogP contribution in [0.1, 0.15) is 25.8 Å². The highest BCUT2D eigenvalue weighted by Gasteiger charge is 2.16. The van der Waals surface area contributed by atoms with Gasteiger partial charge in [-0.25, -0.2) is 0 Å². The number of ether oxygens (including phenoxy) is 1. The Morgan fingerprint density at radius 1 is 1.40 bits per heavy atom. The van der Waals surface area contributed by atoms with E-state index < -0.39 is 0 Å². The summed E-state index contributed by atoms with van der Waals surface area (Å²) in [6.45, 7) is 6.98. The van der Waals surface area contributed by atoms with Crippen LogP contribution >= 0.6 is 11.6 Å². The van der Waals surface area contributed by atoms with E-state index in [0.717, 1.165) is 40.1 Å². The predicted molar refractivity (Wildman–Crippen MR) is 85.7 cm³/mol. The average molecular weight is 293 g/mol. The van der Waals surface area contributed by atoms with Crippen molar-refractivity contribution in [2.24, 2.45) is 0 Å². The molecule has 0 atom stereocenters. The second kappa shape index (κ2) is 5.98. The molecule has 0 aliphatic carbocycles. The van der Waals surface area contributed by atoms with Gasteiger partial charge in [0.2, 0.25) is 0 Å². The van der Waals surface area contributed by atoms with Crippen molar-refractivity contribution in [1.82, 2.24) is 4.98 Å². The number of fused-ring (bicyclic) bond motifs is 1. The molecule has 0 saturated heterocycles. The fourth-order valence-electron chi connectivity index (χ4n) is 2.15. The van der Waals surface area contributed by atoms with Crippen LogP contribution in [0.5, 0.6) is 0 Å². The molecule has 2 rings (SSSR count). The number of halogens is 1. The summed E-state index contributed by atoms with van der Waals surface area (Å²) in [5.74, 6) is 0. The van der Waals surface area contributed by atoms with Gasteiger partial charge in [-0.15, -0.1) is 0 Å². The first-order chi connectivity index (χ1) is 9.44. The smallest absolute Gasteiger partial charge is 0.0752 e. The largest absolute Gasteiger partial charge is 0.383 e. The highest BCUT2D eigenvalue weighted by molar-refractivity contribution is 6.35. The molecule has 4 heteroatoms. The van der Waals surface area contributed by atoms with Gasteiger partial charge < -0.3 is 10.1 Å². The zero-order chi connectivity index (χ0) is 14.8. The van der Waals surface area contributed by atoms with Gasteiger partial charge in [-0.2, -0.15) is 0 Å². The Morgan fingerprint density at radius 2 is 2.15 bits per heavy atom. The van der Waals surface area contributed by atoms with E-state index in [4.69, 9.17) is 16.3 Å². The van der Waals surface area contributed by atoms with Gasteiger partial charge in [0.1, 0.15) is 0 Å². The Balaban J connectivity index is 2.26. The number of anilines is 1. The molecule has 108 valence electrons. The summed E-state index contributed by atoms with van der Waals surface area (Å²) < 4.78 is 5.43. The quantitative estimate of drug-likeness (QED) is 0.885. The number of hydrogen-bond acceptors (Lipinski definition) is 3. The Hall–Kier alpha value is -1.32. The topological polar surface area (TPSA) is 34.1 Å². The van der Waals surface area contributed by atoms with Gasteiger partial charge in [0.15, 0.2) is 0 Å². The third-order valence-corrected chi connectivity index (χ3v) is 3.91. The lowest BCUT2D eigenvalue weighted by molar-refractivity contribution is 0.0185. The molecule has 20 heavy (non-hydrogen) atoms. The molecule has 0 spiro atoms. The van der Waals surface area contributed by atoms with Crippen molar-refractivity contribution in [3.05, 3.63) is 35.0 Å². The van der Waals surface area contributed by atoms with E-state index in [1.165, 1.54) is 0 Å². The summed E-state index contributed by atoms with van der Waals surface area (Å²) in [6, 6.07) is 5.94. The maximum Gasteiger partial charge on any atom is 0.0752 e. The number of aryl methyl sites for hydroxylation is 1. The van der Waals surface area contributed by atoms with Crippen LogP contribution in [0.15, 0.2) is 24.4 Å². The molecular formula is C16H21ClN2O. The van der Waals surface area contributed by atoms with Gasteiger partial charge in [-0.3, -0.25) is 4.98 Å². The van der Waals surface area contributed by atoms with Crippen molar-refractivity contribution in [1.29, 1.82) is 0 Å². The van der Waals surface area contributed by atoms with Crippen molar-refractivity contribution in [2.45, 2.75) is 32.8 Å². The van der Waals surface area contributed by atoms with E-state index in [1.54, 1.807) is 13.3 Å². The van der Waals surface area contributed by atoms with Crippen LogP contribution in [0.3, 0.4) is 0 Å². The summed E-state index contributed by atoms with van der Waals surface area (Å²) in [5.41, 5.74) is 2.89. The Bertz CT molecular complexity index is 611. The second-order valence-corrected chi connectivity index (χ2v) is 6.00. The molecule has 1 aromatic heterocycles. The number of nitrogens with one attached hydrogen (secondary N) is 1. The van der Waals surface area contributed by atoms with Gasteiger partial charge in [-0.05, 0) is 51.0 Å². The lowest BCUT2D eigenvalue weighted by atomic mass is 10.0. The summed E-state index contributed by atoms with van der Waals surface area (Å²) in [5, 5.41) is 5.22. The Kier molecular flexibility index (Phi) is 4.51. The minimum absolute atomic E-state index is 0.141. The van der Waals surface area contributed by atoms with E-state index in [2.05, 4.69) is 24.1 Å². The number of hydrogen-bond donors (Lipinski definition) is 1.